The number of fused-ring (bicyclic) bond motifs is 1. The summed E-state index contributed by atoms with van der Waals surface area (Å²) in [6, 6.07) is 5.54. The number of aromatic nitrogens is 1. The summed E-state index contributed by atoms with van der Waals surface area (Å²) in [5, 5.41) is 4.85. The van der Waals surface area contributed by atoms with E-state index in [1.165, 1.54) is 0 Å². The summed E-state index contributed by atoms with van der Waals surface area (Å²) >= 11 is 5.93. The van der Waals surface area contributed by atoms with Crippen molar-refractivity contribution >= 4 is 28.4 Å². The molecule has 0 saturated carbocycles. The SMILES string of the molecule is O=C(c1c[nH]c2cc(Cl)ccc12)N1CCNCC1. The minimum absolute atomic E-state index is 0.0880. The average Bonchev–Trinajstić information content (AvgIpc) is 2.81. The number of nitrogens with one attached hydrogen (secondary N) is 2. The molecule has 18 heavy (non-hydrogen) atoms. The highest BCUT2D eigenvalue weighted by molar-refractivity contribution is 6.31. The zero-order valence-corrected chi connectivity index (χ0v) is 10.6. The molecule has 1 aliphatic rings. The van der Waals surface area contributed by atoms with Crippen LogP contribution in [0.15, 0.2) is 24.4 Å². The van der Waals surface area contributed by atoms with E-state index in [4.69, 9.17) is 11.6 Å². The number of benzene rings is 1. The quantitative estimate of drug-likeness (QED) is 0.825. The Morgan fingerprint density at radius 2 is 2.06 bits per heavy atom. The standard InChI is InChI=1S/C13H14ClN3O/c14-9-1-2-10-11(8-16-12(10)7-9)13(18)17-5-3-15-4-6-17/h1-2,7-8,15-16H,3-6H2. The third-order valence-corrected chi connectivity index (χ3v) is 3.51. The third-order valence-electron chi connectivity index (χ3n) is 3.28. The van der Waals surface area contributed by atoms with Crippen LogP contribution in [0.3, 0.4) is 0 Å². The maximum atomic E-state index is 12.4. The molecule has 2 aromatic rings. The summed E-state index contributed by atoms with van der Waals surface area (Å²) in [7, 11) is 0. The molecular formula is C13H14ClN3O. The molecule has 2 N–H and O–H groups in total. The molecule has 2 heterocycles. The Morgan fingerprint density at radius 1 is 1.28 bits per heavy atom. The van der Waals surface area contributed by atoms with Crippen LogP contribution < -0.4 is 5.32 Å². The van der Waals surface area contributed by atoms with Gasteiger partial charge in [-0.25, -0.2) is 0 Å². The van der Waals surface area contributed by atoms with Crippen LogP contribution in [0.1, 0.15) is 10.4 Å². The van der Waals surface area contributed by atoms with Crippen LogP contribution in [0.5, 0.6) is 0 Å². The van der Waals surface area contributed by atoms with E-state index in [0.717, 1.165) is 42.6 Å². The number of amides is 1. The van der Waals surface area contributed by atoms with E-state index in [1.54, 1.807) is 6.20 Å². The van der Waals surface area contributed by atoms with Crippen molar-refractivity contribution < 1.29 is 4.79 Å². The van der Waals surface area contributed by atoms with Crippen molar-refractivity contribution in [2.24, 2.45) is 0 Å². The number of hydrogen-bond donors (Lipinski definition) is 2. The number of piperazine rings is 1. The van der Waals surface area contributed by atoms with Crippen molar-refractivity contribution in [1.82, 2.24) is 15.2 Å². The highest BCUT2D eigenvalue weighted by Crippen LogP contribution is 2.23. The van der Waals surface area contributed by atoms with Gasteiger partial charge in [-0.15, -0.1) is 0 Å². The number of H-pyrrole nitrogens is 1. The van der Waals surface area contributed by atoms with E-state index >= 15 is 0 Å². The number of rotatable bonds is 1. The fraction of sp³-hybridized carbons (Fsp3) is 0.308. The van der Waals surface area contributed by atoms with Crippen molar-refractivity contribution in [3.63, 3.8) is 0 Å². The zero-order valence-electron chi connectivity index (χ0n) is 9.87. The fourth-order valence-electron chi connectivity index (χ4n) is 2.31. The summed E-state index contributed by atoms with van der Waals surface area (Å²) in [6.45, 7) is 3.25. The van der Waals surface area contributed by atoms with Crippen LogP contribution in [-0.2, 0) is 0 Å². The van der Waals surface area contributed by atoms with E-state index in [9.17, 15) is 4.79 Å². The maximum absolute atomic E-state index is 12.4. The van der Waals surface area contributed by atoms with Gasteiger partial charge in [0, 0.05) is 48.3 Å². The lowest BCUT2D eigenvalue weighted by Gasteiger charge is -2.27. The molecule has 0 spiro atoms. The highest BCUT2D eigenvalue weighted by Gasteiger charge is 2.20. The first-order valence-electron chi connectivity index (χ1n) is 6.02. The van der Waals surface area contributed by atoms with Gasteiger partial charge < -0.3 is 15.2 Å². The molecule has 1 aromatic carbocycles. The number of nitrogens with zero attached hydrogens (tertiary/aromatic N) is 1. The van der Waals surface area contributed by atoms with Gasteiger partial charge in [0.15, 0.2) is 0 Å². The minimum atomic E-state index is 0.0880. The second-order valence-electron chi connectivity index (χ2n) is 4.43. The Morgan fingerprint density at radius 3 is 2.83 bits per heavy atom. The van der Waals surface area contributed by atoms with Crippen molar-refractivity contribution in [2.45, 2.75) is 0 Å². The minimum Gasteiger partial charge on any atom is -0.360 e. The number of halogens is 1. The van der Waals surface area contributed by atoms with E-state index in [0.29, 0.717) is 5.02 Å². The van der Waals surface area contributed by atoms with Crippen molar-refractivity contribution in [3.8, 4) is 0 Å². The Balaban J connectivity index is 1.96. The normalized spacial score (nSPS) is 16.2. The van der Waals surface area contributed by atoms with Crippen LogP contribution in [0.2, 0.25) is 5.02 Å². The summed E-state index contributed by atoms with van der Waals surface area (Å²) in [4.78, 5) is 17.4. The molecule has 1 fully saturated rings. The van der Waals surface area contributed by atoms with Crippen LogP contribution in [-0.4, -0.2) is 42.0 Å². The van der Waals surface area contributed by atoms with E-state index in [2.05, 4.69) is 10.3 Å². The fourth-order valence-corrected chi connectivity index (χ4v) is 2.49. The molecule has 0 bridgehead atoms. The molecule has 5 heteroatoms. The largest absolute Gasteiger partial charge is 0.360 e. The van der Waals surface area contributed by atoms with Gasteiger partial charge in [0.2, 0.25) is 0 Å². The lowest BCUT2D eigenvalue weighted by atomic mass is 10.1. The Kier molecular flexibility index (Phi) is 2.97. The predicted octanol–water partition coefficient (Wildman–Crippen LogP) is 1.87. The van der Waals surface area contributed by atoms with Gasteiger partial charge in [-0.3, -0.25) is 4.79 Å². The molecule has 0 unspecified atom stereocenters. The van der Waals surface area contributed by atoms with E-state index in [1.807, 2.05) is 23.1 Å². The Bertz CT molecular complexity index is 587. The molecule has 1 amide bonds. The van der Waals surface area contributed by atoms with Crippen molar-refractivity contribution in [2.75, 3.05) is 26.2 Å². The smallest absolute Gasteiger partial charge is 0.256 e. The molecule has 1 saturated heterocycles. The number of aromatic amines is 1. The van der Waals surface area contributed by atoms with E-state index in [-0.39, 0.29) is 5.91 Å². The Hall–Kier alpha value is -1.52. The molecule has 0 radical (unpaired) electrons. The first-order chi connectivity index (χ1) is 8.75. The third kappa shape index (κ3) is 1.98. The van der Waals surface area contributed by atoms with E-state index < -0.39 is 0 Å². The van der Waals surface area contributed by atoms with Crippen LogP contribution in [0, 0.1) is 0 Å². The lowest BCUT2D eigenvalue weighted by Crippen LogP contribution is -2.46. The molecule has 3 rings (SSSR count). The second-order valence-corrected chi connectivity index (χ2v) is 4.87. The van der Waals surface area contributed by atoms with Crippen molar-refractivity contribution in [1.29, 1.82) is 0 Å². The maximum Gasteiger partial charge on any atom is 0.256 e. The molecule has 0 atom stereocenters. The van der Waals surface area contributed by atoms with Gasteiger partial charge in [-0.05, 0) is 12.1 Å². The molecule has 0 aliphatic carbocycles. The first kappa shape index (κ1) is 11.6. The van der Waals surface area contributed by atoms with Crippen LogP contribution in [0.25, 0.3) is 10.9 Å². The van der Waals surface area contributed by atoms with Crippen LogP contribution >= 0.6 is 11.6 Å². The first-order valence-corrected chi connectivity index (χ1v) is 6.40. The van der Waals surface area contributed by atoms with Crippen LogP contribution in [0.4, 0.5) is 0 Å². The Labute approximate surface area is 110 Å². The topological polar surface area (TPSA) is 48.1 Å². The molecule has 1 aliphatic heterocycles. The summed E-state index contributed by atoms with van der Waals surface area (Å²) in [6.07, 6.45) is 1.77. The van der Waals surface area contributed by atoms with Gasteiger partial charge in [-0.2, -0.15) is 0 Å². The predicted molar refractivity (Wildman–Crippen MR) is 72.1 cm³/mol. The summed E-state index contributed by atoms with van der Waals surface area (Å²) in [5.41, 5.74) is 1.63. The zero-order chi connectivity index (χ0) is 12.5. The molecule has 1 aromatic heterocycles. The number of carbonyl (C=O) groups is 1. The molecular weight excluding hydrogens is 250 g/mol. The molecule has 4 nitrogen and oxygen atoms in total. The number of hydrogen-bond acceptors (Lipinski definition) is 2. The second kappa shape index (κ2) is 4.63. The van der Waals surface area contributed by atoms with Gasteiger partial charge in [0.05, 0.1) is 5.56 Å². The summed E-state index contributed by atoms with van der Waals surface area (Å²) < 4.78 is 0. The monoisotopic (exact) mass is 263 g/mol. The highest BCUT2D eigenvalue weighted by atomic mass is 35.5. The van der Waals surface area contributed by atoms with Gasteiger partial charge in [-0.1, -0.05) is 17.7 Å². The van der Waals surface area contributed by atoms with Gasteiger partial charge in [0.1, 0.15) is 0 Å². The van der Waals surface area contributed by atoms with Crippen molar-refractivity contribution in [3.05, 3.63) is 35.0 Å². The lowest BCUT2D eigenvalue weighted by molar-refractivity contribution is 0.0738. The van der Waals surface area contributed by atoms with Gasteiger partial charge >= 0.3 is 0 Å². The average molecular weight is 264 g/mol. The number of carbonyl (C=O) groups excluding carboxylic acids is 1. The van der Waals surface area contributed by atoms with Gasteiger partial charge in [0.25, 0.3) is 5.91 Å². The summed E-state index contributed by atoms with van der Waals surface area (Å²) in [5.74, 6) is 0.0880. The molecule has 94 valence electrons.